The fourth-order valence-electron chi connectivity index (χ4n) is 2.61. The number of anilines is 1. The zero-order valence-electron chi connectivity index (χ0n) is 10.8. The van der Waals surface area contributed by atoms with Gasteiger partial charge in [0.2, 0.25) is 15.9 Å². The summed E-state index contributed by atoms with van der Waals surface area (Å²) in [4.78, 5) is 11.4. The van der Waals surface area contributed by atoms with Gasteiger partial charge in [-0.1, -0.05) is 0 Å². The maximum atomic E-state index is 12.4. The molecule has 2 aliphatic rings. The summed E-state index contributed by atoms with van der Waals surface area (Å²) in [6.45, 7) is -0.197. The van der Waals surface area contributed by atoms with Crippen molar-refractivity contribution in [2.24, 2.45) is 0 Å². The molecule has 1 aromatic rings. The number of nitrogens with one attached hydrogen (secondary N) is 2. The molecule has 0 aromatic heterocycles. The molecule has 6 nitrogen and oxygen atoms in total. The number of carbonyl (C=O) groups excluding carboxylic acids is 1. The van der Waals surface area contributed by atoms with Crippen LogP contribution in [0.3, 0.4) is 0 Å². The molecule has 1 heterocycles. The number of aliphatic hydroxyl groups excluding tert-OH is 1. The minimum Gasteiger partial charge on any atom is -0.394 e. The Kier molecular flexibility index (Phi) is 3.07. The summed E-state index contributed by atoms with van der Waals surface area (Å²) in [6, 6.07) is 4.58. The number of carbonyl (C=O) groups is 1. The van der Waals surface area contributed by atoms with Gasteiger partial charge in [0.15, 0.2) is 0 Å². The lowest BCUT2D eigenvalue weighted by Crippen LogP contribution is -2.55. The summed E-state index contributed by atoms with van der Waals surface area (Å²) < 4.78 is 27.3. The number of sulfonamides is 1. The number of fused-ring (bicyclic) bond motifs is 1. The van der Waals surface area contributed by atoms with E-state index in [0.717, 1.165) is 6.42 Å². The quantitative estimate of drug-likeness (QED) is 0.748. The van der Waals surface area contributed by atoms with Gasteiger partial charge in [0, 0.05) is 5.69 Å². The lowest BCUT2D eigenvalue weighted by molar-refractivity contribution is -0.115. The Bertz CT molecular complexity index is 659. The molecule has 3 rings (SSSR count). The van der Waals surface area contributed by atoms with Gasteiger partial charge in [0.05, 0.1) is 23.5 Å². The Balaban J connectivity index is 1.89. The predicted molar refractivity (Wildman–Crippen MR) is 72.8 cm³/mol. The number of aliphatic hydroxyl groups is 1. The van der Waals surface area contributed by atoms with Crippen LogP contribution in [-0.2, 0) is 21.2 Å². The molecule has 1 fully saturated rings. The first-order chi connectivity index (χ1) is 9.44. The number of hydrogen-bond donors (Lipinski definition) is 3. The summed E-state index contributed by atoms with van der Waals surface area (Å²) in [5.74, 6) is -0.131. The lowest BCUT2D eigenvalue weighted by atomic mass is 9.78. The van der Waals surface area contributed by atoms with E-state index in [-0.39, 0.29) is 23.8 Å². The highest BCUT2D eigenvalue weighted by atomic mass is 32.2. The minimum atomic E-state index is -3.68. The molecule has 7 heteroatoms. The highest BCUT2D eigenvalue weighted by Gasteiger charge is 2.40. The molecule has 1 aromatic carbocycles. The van der Waals surface area contributed by atoms with E-state index >= 15 is 0 Å². The molecule has 0 bridgehead atoms. The van der Waals surface area contributed by atoms with Crippen molar-refractivity contribution in [1.82, 2.24) is 4.72 Å². The van der Waals surface area contributed by atoms with Gasteiger partial charge in [0.25, 0.3) is 0 Å². The van der Waals surface area contributed by atoms with Crippen LogP contribution in [0.4, 0.5) is 5.69 Å². The van der Waals surface area contributed by atoms with Crippen LogP contribution in [0.25, 0.3) is 0 Å². The molecule has 108 valence electrons. The van der Waals surface area contributed by atoms with E-state index in [2.05, 4.69) is 10.0 Å². The van der Waals surface area contributed by atoms with E-state index in [4.69, 9.17) is 0 Å². The van der Waals surface area contributed by atoms with Gasteiger partial charge in [-0.15, -0.1) is 0 Å². The zero-order chi connectivity index (χ0) is 14.4. The first kappa shape index (κ1) is 13.5. The third-order valence-corrected chi connectivity index (χ3v) is 5.55. The van der Waals surface area contributed by atoms with Gasteiger partial charge in [-0.2, -0.15) is 0 Å². The molecular formula is C13H16N2O4S. The van der Waals surface area contributed by atoms with Crippen LogP contribution in [-0.4, -0.2) is 31.6 Å². The van der Waals surface area contributed by atoms with Crippen molar-refractivity contribution in [1.29, 1.82) is 0 Å². The summed E-state index contributed by atoms with van der Waals surface area (Å²) in [5, 5.41) is 12.0. The van der Waals surface area contributed by atoms with Gasteiger partial charge >= 0.3 is 0 Å². The summed E-state index contributed by atoms with van der Waals surface area (Å²) in [5.41, 5.74) is 0.630. The molecule has 0 radical (unpaired) electrons. The van der Waals surface area contributed by atoms with Gasteiger partial charge in [-0.3, -0.25) is 4.79 Å². The van der Waals surface area contributed by atoms with Gasteiger partial charge in [0.1, 0.15) is 0 Å². The maximum absolute atomic E-state index is 12.4. The highest BCUT2D eigenvalue weighted by Crippen LogP contribution is 2.33. The van der Waals surface area contributed by atoms with Gasteiger partial charge < -0.3 is 10.4 Å². The Morgan fingerprint density at radius 2 is 2.10 bits per heavy atom. The van der Waals surface area contributed by atoms with E-state index in [1.165, 1.54) is 12.1 Å². The average molecular weight is 296 g/mol. The standard InChI is InChI=1S/C13H16N2O4S/c16-8-13(4-1-5-13)15-20(18,19)10-2-3-11-9(6-10)7-12(17)14-11/h2-3,6,15-16H,1,4-5,7-8H2,(H,14,17). The summed E-state index contributed by atoms with van der Waals surface area (Å²) in [7, 11) is -3.68. The normalized spacial score (nSPS) is 20.1. The maximum Gasteiger partial charge on any atom is 0.241 e. The number of amides is 1. The SMILES string of the molecule is O=C1Cc2cc(S(=O)(=O)NC3(CO)CCC3)ccc2N1. The second-order valence-electron chi connectivity index (χ2n) is 5.44. The molecular weight excluding hydrogens is 280 g/mol. The van der Waals surface area contributed by atoms with Crippen LogP contribution in [0.2, 0.25) is 0 Å². The Morgan fingerprint density at radius 1 is 1.35 bits per heavy atom. The monoisotopic (exact) mass is 296 g/mol. The van der Waals surface area contributed by atoms with Crippen LogP contribution in [0.1, 0.15) is 24.8 Å². The van der Waals surface area contributed by atoms with Gasteiger partial charge in [-0.05, 0) is 43.0 Å². The Morgan fingerprint density at radius 3 is 2.70 bits per heavy atom. The molecule has 20 heavy (non-hydrogen) atoms. The zero-order valence-corrected chi connectivity index (χ0v) is 11.7. The van der Waals surface area contributed by atoms with E-state index in [1.54, 1.807) is 6.07 Å². The molecule has 1 aliphatic heterocycles. The number of rotatable bonds is 4. The van der Waals surface area contributed by atoms with Crippen molar-refractivity contribution in [2.45, 2.75) is 36.1 Å². The molecule has 3 N–H and O–H groups in total. The lowest BCUT2D eigenvalue weighted by Gasteiger charge is -2.40. The van der Waals surface area contributed by atoms with Crippen LogP contribution >= 0.6 is 0 Å². The van der Waals surface area contributed by atoms with Crippen molar-refractivity contribution in [3.05, 3.63) is 23.8 Å². The summed E-state index contributed by atoms with van der Waals surface area (Å²) >= 11 is 0. The number of hydrogen-bond acceptors (Lipinski definition) is 4. The molecule has 0 unspecified atom stereocenters. The van der Waals surface area contributed by atoms with Gasteiger partial charge in [-0.25, -0.2) is 13.1 Å². The van der Waals surface area contributed by atoms with Crippen molar-refractivity contribution in [3.8, 4) is 0 Å². The second-order valence-corrected chi connectivity index (χ2v) is 7.12. The van der Waals surface area contributed by atoms with E-state index in [0.29, 0.717) is 24.1 Å². The smallest absolute Gasteiger partial charge is 0.241 e. The molecule has 0 atom stereocenters. The molecule has 1 saturated carbocycles. The first-order valence-electron chi connectivity index (χ1n) is 6.52. The fourth-order valence-corrected chi connectivity index (χ4v) is 4.11. The average Bonchev–Trinajstić information content (AvgIpc) is 2.73. The Hall–Kier alpha value is -1.44. The fraction of sp³-hybridized carbons (Fsp3) is 0.462. The van der Waals surface area contributed by atoms with E-state index in [9.17, 15) is 18.3 Å². The predicted octanol–water partition coefficient (Wildman–Crippen LogP) is 0.374. The van der Waals surface area contributed by atoms with Crippen LogP contribution in [0.15, 0.2) is 23.1 Å². The molecule has 1 amide bonds. The number of benzene rings is 1. The molecule has 0 spiro atoms. The third-order valence-electron chi connectivity index (χ3n) is 3.98. The third kappa shape index (κ3) is 2.21. The molecule has 1 aliphatic carbocycles. The van der Waals surface area contributed by atoms with Crippen LogP contribution < -0.4 is 10.0 Å². The van der Waals surface area contributed by atoms with Crippen LogP contribution in [0.5, 0.6) is 0 Å². The second kappa shape index (κ2) is 4.54. The minimum absolute atomic E-state index is 0.131. The van der Waals surface area contributed by atoms with Crippen molar-refractivity contribution in [2.75, 3.05) is 11.9 Å². The van der Waals surface area contributed by atoms with E-state index < -0.39 is 15.6 Å². The first-order valence-corrected chi connectivity index (χ1v) is 8.00. The Labute approximate surface area is 117 Å². The topological polar surface area (TPSA) is 95.5 Å². The van der Waals surface area contributed by atoms with E-state index in [1.807, 2.05) is 0 Å². The van der Waals surface area contributed by atoms with Crippen molar-refractivity contribution in [3.63, 3.8) is 0 Å². The summed E-state index contributed by atoms with van der Waals surface area (Å²) in [6.07, 6.45) is 2.40. The van der Waals surface area contributed by atoms with Crippen molar-refractivity contribution >= 4 is 21.6 Å². The van der Waals surface area contributed by atoms with Crippen LogP contribution in [0, 0.1) is 0 Å². The highest BCUT2D eigenvalue weighted by molar-refractivity contribution is 7.89. The van der Waals surface area contributed by atoms with Crippen molar-refractivity contribution < 1.29 is 18.3 Å². The molecule has 0 saturated heterocycles. The largest absolute Gasteiger partial charge is 0.394 e.